The molecule has 0 aromatic carbocycles. The number of halogens is 1. The van der Waals surface area contributed by atoms with E-state index in [1.54, 1.807) is 6.92 Å². The normalized spacial score (nSPS) is 26.3. The molecule has 0 spiro atoms. The molecule has 3 heterocycles. The van der Waals surface area contributed by atoms with Crippen molar-refractivity contribution in [3.63, 3.8) is 0 Å². The van der Waals surface area contributed by atoms with Crippen LogP contribution in [0.25, 0.3) is 5.65 Å². The zero-order chi connectivity index (χ0) is 16.9. The topological polar surface area (TPSA) is 42.2 Å². The summed E-state index contributed by atoms with van der Waals surface area (Å²) in [6.07, 6.45) is 0.122. The Morgan fingerprint density at radius 1 is 1.72 bits per heavy atom. The molecule has 0 aliphatic carbocycles. The van der Waals surface area contributed by atoms with Crippen LogP contribution in [-0.4, -0.2) is 27.2 Å². The average molecular weight is 270 g/mol. The van der Waals surface area contributed by atoms with Crippen LogP contribution in [-0.2, 0) is 6.37 Å². The lowest BCUT2D eigenvalue weighted by molar-refractivity contribution is 0.397. The second-order valence-corrected chi connectivity index (χ2v) is 4.77. The third-order valence-electron chi connectivity index (χ3n) is 2.98. The maximum atomic E-state index is 8.44. The first kappa shape index (κ1) is 7.46. The lowest BCUT2D eigenvalue weighted by Crippen LogP contribution is -2.35. The molecule has 0 radical (unpaired) electrons. The summed E-state index contributed by atoms with van der Waals surface area (Å²) >= 11 is 5.90. The molecule has 2 aromatic rings. The van der Waals surface area contributed by atoms with Crippen LogP contribution in [0.3, 0.4) is 0 Å². The second kappa shape index (κ2) is 4.86. The molecule has 4 nitrogen and oxygen atoms in total. The van der Waals surface area contributed by atoms with Crippen LogP contribution in [0.15, 0.2) is 12.2 Å². The molecular weight excluding hydrogens is 248 g/mol. The number of fused-ring (bicyclic) bond motifs is 1. The van der Waals surface area contributed by atoms with E-state index in [4.69, 9.17) is 18.5 Å². The summed E-state index contributed by atoms with van der Waals surface area (Å²) in [5.74, 6) is 0. The summed E-state index contributed by atoms with van der Waals surface area (Å²) < 4.78 is 42.1. The Hall–Kier alpha value is -1.13. The van der Waals surface area contributed by atoms with Gasteiger partial charge in [0.2, 0.25) is 0 Å². The fourth-order valence-electron chi connectivity index (χ4n) is 2.10. The van der Waals surface area contributed by atoms with E-state index in [-0.39, 0.29) is 28.7 Å². The molecule has 1 aliphatic heterocycles. The lowest BCUT2D eigenvalue weighted by Gasteiger charge is -2.22. The summed E-state index contributed by atoms with van der Waals surface area (Å²) in [5.41, 5.74) is 0.654. The van der Waals surface area contributed by atoms with Crippen molar-refractivity contribution >= 4 is 17.2 Å². The van der Waals surface area contributed by atoms with E-state index in [0.717, 1.165) is 12.8 Å². The van der Waals surface area contributed by atoms with E-state index in [9.17, 15) is 0 Å². The van der Waals surface area contributed by atoms with Crippen molar-refractivity contribution in [2.45, 2.75) is 38.6 Å². The standard InChI is InChI=1S/C13H17ClN4/c1-9-6-12(14)17-18-8-11(16-13(9)18)7-10-4-2-3-5-15-10/h6,8,10,15H,2-5,7H2,1H3/t10-/m0/s1/i6D,7D2,8D/hD. The zero-order valence-electron chi connectivity index (χ0n) is 15.1. The summed E-state index contributed by atoms with van der Waals surface area (Å²) in [7, 11) is 0. The van der Waals surface area contributed by atoms with Crippen LogP contribution >= 0.6 is 11.6 Å². The maximum absolute atomic E-state index is 8.44. The number of aryl methyl sites for hydroxylation is 1. The van der Waals surface area contributed by atoms with Gasteiger partial charge in [0.25, 0.3) is 0 Å². The van der Waals surface area contributed by atoms with E-state index in [1.165, 1.54) is 9.83 Å². The first-order valence-electron chi connectivity index (χ1n) is 8.48. The lowest BCUT2D eigenvalue weighted by atomic mass is 10.0. The minimum absolute atomic E-state index is 0.0241. The van der Waals surface area contributed by atoms with Crippen LogP contribution in [0.4, 0.5) is 0 Å². The SMILES string of the molecule is [2H]c1c(Cl)nn2c([2H])c(C([2H])([2H])[C@@H]3CCCCN3[2H])nc2c1C. The Morgan fingerprint density at radius 3 is 3.44 bits per heavy atom. The van der Waals surface area contributed by atoms with E-state index in [0.29, 0.717) is 18.5 Å². The third kappa shape index (κ3) is 2.35. The van der Waals surface area contributed by atoms with E-state index in [1.807, 2.05) is 0 Å². The Balaban J connectivity index is 2.16. The number of hydrogen-bond acceptors (Lipinski definition) is 3. The predicted molar refractivity (Wildman–Crippen MR) is 72.1 cm³/mol. The van der Waals surface area contributed by atoms with Crippen molar-refractivity contribution in [1.82, 2.24) is 19.9 Å². The molecule has 1 fully saturated rings. The molecular formula is C13H17ClN4. The van der Waals surface area contributed by atoms with Gasteiger partial charge in [0.05, 0.1) is 14.6 Å². The molecule has 0 amide bonds. The number of nitrogens with zero attached hydrogens (tertiary/aromatic N) is 3. The van der Waals surface area contributed by atoms with Crippen molar-refractivity contribution in [2.24, 2.45) is 0 Å². The Labute approximate surface area is 118 Å². The highest BCUT2D eigenvalue weighted by Gasteiger charge is 2.15. The quantitative estimate of drug-likeness (QED) is 0.910. The number of nitrogens with one attached hydrogen (secondary N) is 1. The minimum atomic E-state index is -1.95. The van der Waals surface area contributed by atoms with Crippen molar-refractivity contribution in [3.8, 4) is 0 Å². The van der Waals surface area contributed by atoms with Crippen molar-refractivity contribution in [2.75, 3.05) is 6.54 Å². The molecule has 18 heavy (non-hydrogen) atoms. The summed E-state index contributed by atoms with van der Waals surface area (Å²) in [6, 6.07) is -0.632. The predicted octanol–water partition coefficient (Wildman–Crippen LogP) is 2.38. The van der Waals surface area contributed by atoms with E-state index >= 15 is 0 Å². The smallest absolute Gasteiger partial charge is 0.156 e. The molecule has 2 aromatic heterocycles. The van der Waals surface area contributed by atoms with E-state index in [2.05, 4.69) is 10.1 Å². The number of hydrogen-bond donors (Lipinski definition) is 1. The molecule has 1 aliphatic rings. The Kier molecular flexibility index (Phi) is 2.01. The molecule has 1 saturated heterocycles. The fourth-order valence-corrected chi connectivity index (χ4v) is 2.32. The zero-order valence-corrected chi connectivity index (χ0v) is 10.8. The van der Waals surface area contributed by atoms with Gasteiger partial charge in [-0.05, 0) is 37.9 Å². The van der Waals surface area contributed by atoms with Gasteiger partial charge in [-0.2, -0.15) is 5.10 Å². The van der Waals surface area contributed by atoms with Gasteiger partial charge in [-0.25, -0.2) is 9.50 Å². The number of imidazole rings is 1. The van der Waals surface area contributed by atoms with Crippen LogP contribution < -0.4 is 5.31 Å². The molecule has 5 heteroatoms. The second-order valence-electron chi connectivity index (χ2n) is 4.41. The van der Waals surface area contributed by atoms with Gasteiger partial charge in [-0.3, -0.25) is 0 Å². The highest BCUT2D eigenvalue weighted by molar-refractivity contribution is 6.29. The molecule has 3 rings (SSSR count). The summed E-state index contributed by atoms with van der Waals surface area (Å²) in [5, 5.41) is 5.15. The highest BCUT2D eigenvalue weighted by Crippen LogP contribution is 2.16. The molecule has 0 saturated carbocycles. The largest absolute Gasteiger partial charge is 0.314 e. The number of piperidine rings is 1. The van der Waals surface area contributed by atoms with Crippen molar-refractivity contribution in [3.05, 3.63) is 28.6 Å². The molecule has 1 atom stereocenters. The van der Waals surface area contributed by atoms with Gasteiger partial charge in [-0.1, -0.05) is 18.0 Å². The number of aromatic nitrogens is 3. The van der Waals surface area contributed by atoms with Crippen LogP contribution in [0, 0.1) is 6.92 Å². The first-order valence-corrected chi connectivity index (χ1v) is 6.41. The first-order chi connectivity index (χ1) is 10.7. The molecule has 96 valence electrons. The highest BCUT2D eigenvalue weighted by atomic mass is 35.5. The summed E-state index contributed by atoms with van der Waals surface area (Å²) in [4.78, 5) is 4.24. The van der Waals surface area contributed by atoms with Gasteiger partial charge in [-0.15, -0.1) is 0 Å². The monoisotopic (exact) mass is 269 g/mol. The van der Waals surface area contributed by atoms with Gasteiger partial charge in [0, 0.05) is 15.2 Å². The molecule has 0 unspecified atom stereocenters. The maximum Gasteiger partial charge on any atom is 0.156 e. The van der Waals surface area contributed by atoms with Gasteiger partial charge >= 0.3 is 0 Å². The Bertz CT molecular complexity index is 763. The van der Waals surface area contributed by atoms with Crippen LogP contribution in [0.5, 0.6) is 0 Å². The van der Waals surface area contributed by atoms with Gasteiger partial charge in [0.15, 0.2) is 5.65 Å². The average Bonchev–Trinajstić information content (AvgIpc) is 2.83. The van der Waals surface area contributed by atoms with Crippen molar-refractivity contribution in [1.29, 1.82) is 0 Å². The van der Waals surface area contributed by atoms with Gasteiger partial charge in [0.1, 0.15) is 6.56 Å². The van der Waals surface area contributed by atoms with Crippen LogP contribution in [0.2, 0.25) is 6.56 Å². The molecule has 1 N–H and O–H groups in total. The van der Waals surface area contributed by atoms with Crippen molar-refractivity contribution < 1.29 is 6.89 Å². The minimum Gasteiger partial charge on any atom is -0.314 e. The fraction of sp³-hybridized carbons (Fsp3) is 0.538. The summed E-state index contributed by atoms with van der Waals surface area (Å²) in [6.45, 7) is 2.15. The molecule has 0 bridgehead atoms. The Morgan fingerprint density at radius 2 is 2.61 bits per heavy atom. The number of rotatable bonds is 2. The van der Waals surface area contributed by atoms with Crippen LogP contribution in [0.1, 0.15) is 36.0 Å². The van der Waals surface area contributed by atoms with E-state index < -0.39 is 12.4 Å². The third-order valence-corrected chi connectivity index (χ3v) is 3.15. The van der Waals surface area contributed by atoms with Gasteiger partial charge < -0.3 is 5.31 Å².